The van der Waals surface area contributed by atoms with E-state index in [9.17, 15) is 8.42 Å². The summed E-state index contributed by atoms with van der Waals surface area (Å²) in [7, 11) is -1.75. The van der Waals surface area contributed by atoms with Gasteiger partial charge in [0.2, 0.25) is 10.0 Å². The largest absolute Gasteiger partial charge is 0.380 e. The minimum Gasteiger partial charge on any atom is -0.380 e. The van der Waals surface area contributed by atoms with E-state index in [1.54, 1.807) is 24.5 Å². The van der Waals surface area contributed by atoms with E-state index in [1.165, 1.54) is 4.31 Å². The van der Waals surface area contributed by atoms with Crippen LogP contribution >= 0.6 is 11.3 Å². The number of ether oxygens (including phenoxy) is 1. The Morgan fingerprint density at radius 3 is 2.90 bits per heavy atom. The molecule has 2 heterocycles. The van der Waals surface area contributed by atoms with Gasteiger partial charge < -0.3 is 10.1 Å². The maximum atomic E-state index is 12.7. The molecule has 1 aromatic heterocycles. The number of hydrogen-bond donors (Lipinski definition) is 1. The summed E-state index contributed by atoms with van der Waals surface area (Å²) < 4.78 is 32.1. The van der Waals surface area contributed by atoms with Crippen molar-refractivity contribution in [1.82, 2.24) is 9.62 Å². The van der Waals surface area contributed by atoms with Gasteiger partial charge in [0, 0.05) is 36.5 Å². The van der Waals surface area contributed by atoms with Crippen molar-refractivity contribution >= 4 is 21.4 Å². The summed E-state index contributed by atoms with van der Waals surface area (Å²) in [6.45, 7) is 6.50. The molecule has 1 atom stereocenters. The van der Waals surface area contributed by atoms with E-state index in [-0.39, 0.29) is 6.10 Å². The monoisotopic (exact) mass is 318 g/mol. The molecule has 0 saturated carbocycles. The average Bonchev–Trinajstić information content (AvgIpc) is 3.03. The fourth-order valence-corrected chi connectivity index (χ4v) is 5.42. The molecular formula is C13H22N2O3S2. The van der Waals surface area contributed by atoms with Crippen molar-refractivity contribution in [2.24, 2.45) is 0 Å². The first kappa shape index (κ1) is 15.9. The predicted octanol–water partition coefficient (Wildman–Crippen LogP) is 1.58. The van der Waals surface area contributed by atoms with Crippen LogP contribution in [0.15, 0.2) is 11.0 Å². The van der Waals surface area contributed by atoms with Crippen molar-refractivity contribution in [2.75, 3.05) is 26.7 Å². The Balaban J connectivity index is 2.19. The summed E-state index contributed by atoms with van der Waals surface area (Å²) in [5.74, 6) is 0. The fraction of sp³-hybridized carbons (Fsp3) is 0.692. The molecule has 0 aliphatic carbocycles. The van der Waals surface area contributed by atoms with Crippen molar-refractivity contribution < 1.29 is 13.2 Å². The van der Waals surface area contributed by atoms with Crippen molar-refractivity contribution in [3.63, 3.8) is 0 Å². The second kappa shape index (κ2) is 6.53. The van der Waals surface area contributed by atoms with Gasteiger partial charge in [-0.05, 0) is 26.0 Å². The van der Waals surface area contributed by atoms with Crippen molar-refractivity contribution in [2.45, 2.75) is 37.8 Å². The SMILES string of the molecule is CCNCc1cc(S(=O)(=O)N2CCC(OC)C2)c(C)s1. The highest BCUT2D eigenvalue weighted by Crippen LogP contribution is 2.30. The Kier molecular flexibility index (Phi) is 5.19. The lowest BCUT2D eigenvalue weighted by atomic mass is 10.3. The van der Waals surface area contributed by atoms with E-state index in [1.807, 2.05) is 13.8 Å². The zero-order valence-corrected chi connectivity index (χ0v) is 13.8. The zero-order valence-electron chi connectivity index (χ0n) is 12.2. The lowest BCUT2D eigenvalue weighted by Crippen LogP contribution is -2.30. The van der Waals surface area contributed by atoms with Crippen LogP contribution in [-0.2, 0) is 21.3 Å². The average molecular weight is 318 g/mol. The van der Waals surface area contributed by atoms with Crippen LogP contribution in [0.1, 0.15) is 23.1 Å². The van der Waals surface area contributed by atoms with Crippen molar-refractivity contribution in [3.05, 3.63) is 15.8 Å². The second-order valence-corrected chi connectivity index (χ2v) is 8.17. The molecule has 7 heteroatoms. The Labute approximate surface area is 125 Å². The molecule has 1 aliphatic heterocycles. The number of thiophene rings is 1. The number of nitrogens with one attached hydrogen (secondary N) is 1. The van der Waals surface area contributed by atoms with Crippen LogP contribution in [0.4, 0.5) is 0 Å². The molecule has 0 aromatic carbocycles. The lowest BCUT2D eigenvalue weighted by molar-refractivity contribution is 0.115. The van der Waals surface area contributed by atoms with E-state index in [2.05, 4.69) is 5.32 Å². The van der Waals surface area contributed by atoms with Crippen LogP contribution in [0.2, 0.25) is 0 Å². The van der Waals surface area contributed by atoms with Crippen LogP contribution in [0.3, 0.4) is 0 Å². The molecule has 0 bridgehead atoms. The number of hydrogen-bond acceptors (Lipinski definition) is 5. The van der Waals surface area contributed by atoms with E-state index in [0.717, 1.165) is 29.3 Å². The number of methoxy groups -OCH3 is 1. The summed E-state index contributed by atoms with van der Waals surface area (Å²) in [6, 6.07) is 1.80. The zero-order chi connectivity index (χ0) is 14.8. The first-order valence-corrected chi connectivity index (χ1v) is 9.07. The molecule has 1 fully saturated rings. The van der Waals surface area contributed by atoms with Crippen LogP contribution in [0.25, 0.3) is 0 Å². The Bertz CT molecular complexity index is 554. The van der Waals surface area contributed by atoms with Crippen LogP contribution in [-0.4, -0.2) is 45.6 Å². The number of rotatable bonds is 6. The molecule has 1 saturated heterocycles. The Hall–Kier alpha value is -0.470. The third-order valence-corrected chi connectivity index (χ3v) is 6.70. The van der Waals surface area contributed by atoms with Gasteiger partial charge in [-0.2, -0.15) is 4.31 Å². The van der Waals surface area contributed by atoms with Crippen molar-refractivity contribution in [1.29, 1.82) is 0 Å². The van der Waals surface area contributed by atoms with E-state index >= 15 is 0 Å². The number of nitrogens with zero attached hydrogens (tertiary/aromatic N) is 1. The molecule has 20 heavy (non-hydrogen) atoms. The molecular weight excluding hydrogens is 296 g/mol. The van der Waals surface area contributed by atoms with Crippen LogP contribution in [0.5, 0.6) is 0 Å². The third-order valence-electron chi connectivity index (χ3n) is 3.53. The molecule has 0 spiro atoms. The van der Waals surface area contributed by atoms with Gasteiger partial charge in [-0.3, -0.25) is 0 Å². The predicted molar refractivity (Wildman–Crippen MR) is 80.6 cm³/mol. The minimum absolute atomic E-state index is 0.0185. The summed E-state index contributed by atoms with van der Waals surface area (Å²) in [4.78, 5) is 2.37. The van der Waals surface area contributed by atoms with Gasteiger partial charge in [-0.25, -0.2) is 8.42 Å². The molecule has 1 N–H and O–H groups in total. The number of sulfonamides is 1. The first-order valence-electron chi connectivity index (χ1n) is 6.82. The van der Waals surface area contributed by atoms with Gasteiger partial charge in [-0.15, -0.1) is 11.3 Å². The smallest absolute Gasteiger partial charge is 0.244 e. The highest BCUT2D eigenvalue weighted by Gasteiger charge is 2.34. The molecule has 114 valence electrons. The standard InChI is InChI=1S/C13H22N2O3S2/c1-4-14-8-12-7-13(10(2)19-12)20(16,17)15-6-5-11(9-15)18-3/h7,11,14H,4-6,8-9H2,1-3H3. The Morgan fingerprint density at radius 2 is 2.30 bits per heavy atom. The quantitative estimate of drug-likeness (QED) is 0.865. The topological polar surface area (TPSA) is 58.6 Å². The van der Waals surface area contributed by atoms with Gasteiger partial charge in [0.05, 0.1) is 11.0 Å². The summed E-state index contributed by atoms with van der Waals surface area (Å²) in [5.41, 5.74) is 0. The molecule has 1 aliphatic rings. The summed E-state index contributed by atoms with van der Waals surface area (Å²) in [5, 5.41) is 3.22. The van der Waals surface area contributed by atoms with Crippen LogP contribution < -0.4 is 5.32 Å². The van der Waals surface area contributed by atoms with Crippen molar-refractivity contribution in [3.8, 4) is 0 Å². The second-order valence-electron chi connectivity index (χ2n) is 4.92. The first-order chi connectivity index (χ1) is 9.48. The lowest BCUT2D eigenvalue weighted by Gasteiger charge is -2.15. The summed E-state index contributed by atoms with van der Waals surface area (Å²) in [6.07, 6.45) is 0.785. The van der Waals surface area contributed by atoms with Crippen LogP contribution in [0, 0.1) is 6.92 Å². The summed E-state index contributed by atoms with van der Waals surface area (Å²) >= 11 is 1.55. The van der Waals surface area contributed by atoms with Gasteiger partial charge in [0.25, 0.3) is 0 Å². The number of aryl methyl sites for hydroxylation is 1. The minimum atomic E-state index is -3.38. The van der Waals surface area contributed by atoms with E-state index in [0.29, 0.717) is 18.0 Å². The molecule has 2 rings (SSSR count). The van der Waals surface area contributed by atoms with Gasteiger partial charge in [-0.1, -0.05) is 6.92 Å². The molecule has 1 aromatic rings. The molecule has 1 unspecified atom stereocenters. The van der Waals surface area contributed by atoms with Gasteiger partial charge >= 0.3 is 0 Å². The molecule has 0 radical (unpaired) electrons. The third kappa shape index (κ3) is 3.23. The maximum Gasteiger partial charge on any atom is 0.244 e. The molecule has 5 nitrogen and oxygen atoms in total. The fourth-order valence-electron chi connectivity index (χ4n) is 2.36. The highest BCUT2D eigenvalue weighted by atomic mass is 32.2. The van der Waals surface area contributed by atoms with E-state index in [4.69, 9.17) is 4.74 Å². The molecule has 0 amide bonds. The van der Waals surface area contributed by atoms with Gasteiger partial charge in [0.1, 0.15) is 0 Å². The maximum absolute atomic E-state index is 12.7. The van der Waals surface area contributed by atoms with Gasteiger partial charge in [0.15, 0.2) is 0 Å². The Morgan fingerprint density at radius 1 is 1.55 bits per heavy atom. The van der Waals surface area contributed by atoms with E-state index < -0.39 is 10.0 Å². The highest BCUT2D eigenvalue weighted by molar-refractivity contribution is 7.89. The normalized spacial score (nSPS) is 20.6.